The summed E-state index contributed by atoms with van der Waals surface area (Å²) >= 11 is 0. The van der Waals surface area contributed by atoms with E-state index in [9.17, 15) is 9.90 Å². The zero-order valence-electron chi connectivity index (χ0n) is 8.08. The molecule has 1 N–H and O–H groups in total. The van der Waals surface area contributed by atoms with Crippen LogP contribution < -0.4 is 0 Å². The standard InChI is InChI=1S/C9H16O4/c1-7(8(10)12-2)9(11)3-5-13-6-4-9/h7,11H,3-6H2,1-2H3. The summed E-state index contributed by atoms with van der Waals surface area (Å²) in [7, 11) is 1.33. The molecule has 13 heavy (non-hydrogen) atoms. The fourth-order valence-electron chi connectivity index (χ4n) is 1.55. The summed E-state index contributed by atoms with van der Waals surface area (Å²) in [6, 6.07) is 0. The Balaban J connectivity index is 2.61. The number of carbonyl (C=O) groups excluding carboxylic acids is 1. The maximum absolute atomic E-state index is 11.2. The fourth-order valence-corrected chi connectivity index (χ4v) is 1.55. The summed E-state index contributed by atoms with van der Waals surface area (Å²) in [5.41, 5.74) is -0.939. The highest BCUT2D eigenvalue weighted by Gasteiger charge is 2.40. The first-order valence-electron chi connectivity index (χ1n) is 4.48. The van der Waals surface area contributed by atoms with E-state index in [1.54, 1.807) is 6.92 Å². The number of hydrogen-bond acceptors (Lipinski definition) is 4. The zero-order chi connectivity index (χ0) is 9.90. The van der Waals surface area contributed by atoms with Gasteiger partial charge in [-0.15, -0.1) is 0 Å². The van der Waals surface area contributed by atoms with E-state index in [1.807, 2.05) is 0 Å². The Morgan fingerprint density at radius 3 is 2.54 bits per heavy atom. The van der Waals surface area contributed by atoms with Crippen LogP contribution in [-0.2, 0) is 14.3 Å². The molecule has 0 aromatic rings. The molecular formula is C9H16O4. The van der Waals surface area contributed by atoms with Gasteiger partial charge >= 0.3 is 5.97 Å². The molecule has 0 spiro atoms. The minimum atomic E-state index is -0.939. The Labute approximate surface area is 77.8 Å². The Kier molecular flexibility index (Phi) is 3.27. The van der Waals surface area contributed by atoms with Crippen LogP contribution in [0.3, 0.4) is 0 Å². The Morgan fingerprint density at radius 2 is 2.08 bits per heavy atom. The van der Waals surface area contributed by atoms with Crippen LogP contribution in [0.5, 0.6) is 0 Å². The normalized spacial score (nSPS) is 23.6. The SMILES string of the molecule is COC(=O)C(C)C1(O)CCOCC1. The topological polar surface area (TPSA) is 55.8 Å². The largest absolute Gasteiger partial charge is 0.469 e. The molecule has 0 amide bonds. The molecule has 1 heterocycles. The van der Waals surface area contributed by atoms with E-state index in [0.29, 0.717) is 26.1 Å². The highest BCUT2D eigenvalue weighted by molar-refractivity contribution is 5.73. The van der Waals surface area contributed by atoms with E-state index in [4.69, 9.17) is 4.74 Å². The minimum Gasteiger partial charge on any atom is -0.469 e. The molecule has 1 unspecified atom stereocenters. The lowest BCUT2D eigenvalue weighted by molar-refractivity contribution is -0.161. The highest BCUT2D eigenvalue weighted by Crippen LogP contribution is 2.29. The number of aliphatic hydroxyl groups is 1. The number of esters is 1. The van der Waals surface area contributed by atoms with Gasteiger partial charge in [0.2, 0.25) is 0 Å². The quantitative estimate of drug-likeness (QED) is 0.635. The summed E-state index contributed by atoms with van der Waals surface area (Å²) < 4.78 is 9.71. The van der Waals surface area contributed by atoms with Gasteiger partial charge in [-0.05, 0) is 6.92 Å². The van der Waals surface area contributed by atoms with Crippen LogP contribution in [0.4, 0.5) is 0 Å². The first-order chi connectivity index (χ1) is 6.10. The molecule has 1 saturated heterocycles. The van der Waals surface area contributed by atoms with Gasteiger partial charge in [0.15, 0.2) is 0 Å². The number of ether oxygens (including phenoxy) is 2. The molecule has 76 valence electrons. The third kappa shape index (κ3) is 2.19. The van der Waals surface area contributed by atoms with Crippen molar-refractivity contribution in [2.75, 3.05) is 20.3 Å². The van der Waals surface area contributed by atoms with Crippen LogP contribution in [0.2, 0.25) is 0 Å². The lowest BCUT2D eigenvalue weighted by atomic mass is 9.82. The second-order valence-electron chi connectivity index (χ2n) is 3.46. The molecule has 1 aliphatic rings. The Hall–Kier alpha value is -0.610. The Bertz CT molecular complexity index is 184. The van der Waals surface area contributed by atoms with Crippen molar-refractivity contribution in [3.05, 3.63) is 0 Å². The highest BCUT2D eigenvalue weighted by atomic mass is 16.5. The van der Waals surface area contributed by atoms with Gasteiger partial charge in [0.1, 0.15) is 0 Å². The molecule has 4 heteroatoms. The van der Waals surface area contributed by atoms with E-state index in [2.05, 4.69) is 4.74 Å². The second-order valence-corrected chi connectivity index (χ2v) is 3.46. The van der Waals surface area contributed by atoms with E-state index in [1.165, 1.54) is 7.11 Å². The van der Waals surface area contributed by atoms with E-state index in [-0.39, 0.29) is 5.97 Å². The molecular weight excluding hydrogens is 172 g/mol. The van der Waals surface area contributed by atoms with Gasteiger partial charge in [0.05, 0.1) is 18.6 Å². The molecule has 0 saturated carbocycles. The van der Waals surface area contributed by atoms with Crippen molar-refractivity contribution in [1.82, 2.24) is 0 Å². The summed E-state index contributed by atoms with van der Waals surface area (Å²) in [6.07, 6.45) is 1.01. The van der Waals surface area contributed by atoms with Crippen LogP contribution in [0, 0.1) is 5.92 Å². The van der Waals surface area contributed by atoms with Crippen LogP contribution in [0.15, 0.2) is 0 Å². The summed E-state index contributed by atoms with van der Waals surface area (Å²) in [4.78, 5) is 11.2. The molecule has 0 bridgehead atoms. The van der Waals surface area contributed by atoms with Crippen molar-refractivity contribution in [2.24, 2.45) is 5.92 Å². The van der Waals surface area contributed by atoms with Gasteiger partial charge in [-0.2, -0.15) is 0 Å². The zero-order valence-corrected chi connectivity index (χ0v) is 8.08. The molecule has 0 radical (unpaired) electrons. The predicted molar refractivity (Wildman–Crippen MR) is 46.2 cm³/mol. The Morgan fingerprint density at radius 1 is 1.54 bits per heavy atom. The molecule has 1 fully saturated rings. The lowest BCUT2D eigenvalue weighted by Gasteiger charge is -2.35. The lowest BCUT2D eigenvalue weighted by Crippen LogP contribution is -2.45. The van der Waals surface area contributed by atoms with Gasteiger partial charge in [-0.25, -0.2) is 0 Å². The average molecular weight is 188 g/mol. The molecule has 4 nitrogen and oxygen atoms in total. The van der Waals surface area contributed by atoms with Crippen molar-refractivity contribution in [3.8, 4) is 0 Å². The average Bonchev–Trinajstić information content (AvgIpc) is 2.16. The second kappa shape index (κ2) is 4.07. The van der Waals surface area contributed by atoms with Gasteiger partial charge < -0.3 is 14.6 Å². The maximum atomic E-state index is 11.2. The summed E-state index contributed by atoms with van der Waals surface area (Å²) in [6.45, 7) is 2.72. The summed E-state index contributed by atoms with van der Waals surface area (Å²) in [5.74, 6) is -0.828. The van der Waals surface area contributed by atoms with Crippen molar-refractivity contribution >= 4 is 5.97 Å². The van der Waals surface area contributed by atoms with Crippen LogP contribution in [-0.4, -0.2) is 37.0 Å². The monoisotopic (exact) mass is 188 g/mol. The van der Waals surface area contributed by atoms with Crippen molar-refractivity contribution in [3.63, 3.8) is 0 Å². The van der Waals surface area contributed by atoms with E-state index >= 15 is 0 Å². The van der Waals surface area contributed by atoms with E-state index in [0.717, 1.165) is 0 Å². The molecule has 1 atom stereocenters. The molecule has 0 aromatic heterocycles. The van der Waals surface area contributed by atoms with Gasteiger partial charge in [0, 0.05) is 26.1 Å². The summed E-state index contributed by atoms with van der Waals surface area (Å²) in [5, 5.41) is 10.1. The van der Waals surface area contributed by atoms with Gasteiger partial charge in [-0.1, -0.05) is 0 Å². The fraction of sp³-hybridized carbons (Fsp3) is 0.889. The van der Waals surface area contributed by atoms with Crippen LogP contribution in [0.1, 0.15) is 19.8 Å². The van der Waals surface area contributed by atoms with Gasteiger partial charge in [-0.3, -0.25) is 4.79 Å². The van der Waals surface area contributed by atoms with Crippen LogP contribution in [0.25, 0.3) is 0 Å². The first-order valence-corrected chi connectivity index (χ1v) is 4.48. The smallest absolute Gasteiger partial charge is 0.311 e. The predicted octanol–water partition coefficient (Wildman–Crippen LogP) is 0.337. The van der Waals surface area contributed by atoms with Crippen molar-refractivity contribution < 1.29 is 19.4 Å². The third-order valence-corrected chi connectivity index (χ3v) is 2.72. The van der Waals surface area contributed by atoms with Crippen molar-refractivity contribution in [2.45, 2.75) is 25.4 Å². The number of hydrogen-bond donors (Lipinski definition) is 1. The maximum Gasteiger partial charge on any atom is 0.311 e. The van der Waals surface area contributed by atoms with Gasteiger partial charge in [0.25, 0.3) is 0 Å². The van der Waals surface area contributed by atoms with Crippen LogP contribution >= 0.6 is 0 Å². The van der Waals surface area contributed by atoms with Crippen molar-refractivity contribution in [1.29, 1.82) is 0 Å². The molecule has 0 aliphatic carbocycles. The molecule has 1 aliphatic heterocycles. The molecule has 0 aromatic carbocycles. The number of carbonyl (C=O) groups is 1. The minimum absolute atomic E-state index is 0.357. The first kappa shape index (κ1) is 10.5. The third-order valence-electron chi connectivity index (χ3n) is 2.72. The number of rotatable bonds is 2. The molecule has 1 rings (SSSR count). The number of methoxy groups -OCH3 is 1. The van der Waals surface area contributed by atoms with E-state index < -0.39 is 11.5 Å².